The summed E-state index contributed by atoms with van der Waals surface area (Å²) in [6, 6.07) is 8.76. The molecule has 0 spiro atoms. The Morgan fingerprint density at radius 3 is 2.46 bits per heavy atom. The average Bonchev–Trinajstić information content (AvgIpc) is 2.71. The largest absolute Gasteiger partial charge is 0.475 e. The Morgan fingerprint density at radius 2 is 1.86 bits per heavy atom. The molecule has 2 atom stereocenters. The molecule has 2 aromatic rings. The van der Waals surface area contributed by atoms with E-state index >= 15 is 0 Å². The number of hydrogen-bond donors (Lipinski definition) is 4. The Labute approximate surface area is 164 Å². The number of amides is 2. The standard InChI is InChI=1S/C19H25BN4O4/c1-2-6-15(23-19(26)16-13-21-11-12-22-16)18(25)24-17(20(27)28)10-9-14-7-4-3-5-8-14/h3-5,7-8,11-13,15,17,27-28H,2,6,9-10H2,1H3,(H,23,26)(H,24,25)/t15-,17+/m1/s1. The first-order valence-corrected chi connectivity index (χ1v) is 9.28. The van der Waals surface area contributed by atoms with E-state index in [2.05, 4.69) is 20.6 Å². The number of carbonyl (C=O) groups excluding carboxylic acids is 2. The van der Waals surface area contributed by atoms with Crippen LogP contribution in [0, 0.1) is 0 Å². The van der Waals surface area contributed by atoms with Gasteiger partial charge in [0.1, 0.15) is 11.7 Å². The monoisotopic (exact) mass is 384 g/mol. The van der Waals surface area contributed by atoms with Crippen LogP contribution in [0.3, 0.4) is 0 Å². The van der Waals surface area contributed by atoms with Crippen molar-refractivity contribution in [3.8, 4) is 0 Å². The van der Waals surface area contributed by atoms with E-state index in [1.165, 1.54) is 18.6 Å². The zero-order valence-corrected chi connectivity index (χ0v) is 15.8. The highest BCUT2D eigenvalue weighted by atomic mass is 16.4. The van der Waals surface area contributed by atoms with Gasteiger partial charge in [-0.1, -0.05) is 43.7 Å². The smallest absolute Gasteiger partial charge is 0.426 e. The van der Waals surface area contributed by atoms with E-state index in [-0.39, 0.29) is 5.69 Å². The summed E-state index contributed by atoms with van der Waals surface area (Å²) in [6.45, 7) is 1.89. The fraction of sp³-hybridized carbons (Fsp3) is 0.368. The van der Waals surface area contributed by atoms with E-state index in [0.717, 1.165) is 5.56 Å². The van der Waals surface area contributed by atoms with Gasteiger partial charge in [-0.05, 0) is 24.8 Å². The van der Waals surface area contributed by atoms with E-state index in [4.69, 9.17) is 0 Å². The molecule has 148 valence electrons. The minimum atomic E-state index is -1.70. The molecule has 28 heavy (non-hydrogen) atoms. The summed E-state index contributed by atoms with van der Waals surface area (Å²) in [5.74, 6) is -1.82. The number of aryl methyl sites for hydroxylation is 1. The van der Waals surface area contributed by atoms with Gasteiger partial charge < -0.3 is 20.7 Å². The quantitative estimate of drug-likeness (QED) is 0.443. The Bertz CT molecular complexity index is 746. The van der Waals surface area contributed by atoms with Crippen LogP contribution in [0.15, 0.2) is 48.9 Å². The van der Waals surface area contributed by atoms with Crippen LogP contribution in [0.25, 0.3) is 0 Å². The van der Waals surface area contributed by atoms with Crippen LogP contribution in [0.5, 0.6) is 0 Å². The highest BCUT2D eigenvalue weighted by Gasteiger charge is 2.29. The van der Waals surface area contributed by atoms with E-state index in [1.54, 1.807) is 0 Å². The first-order valence-electron chi connectivity index (χ1n) is 9.28. The Balaban J connectivity index is 1.98. The van der Waals surface area contributed by atoms with Crippen molar-refractivity contribution in [1.82, 2.24) is 20.6 Å². The van der Waals surface area contributed by atoms with Gasteiger partial charge >= 0.3 is 7.12 Å². The molecule has 1 aromatic carbocycles. The van der Waals surface area contributed by atoms with Crippen LogP contribution in [-0.4, -0.2) is 50.9 Å². The van der Waals surface area contributed by atoms with Gasteiger partial charge in [-0.25, -0.2) is 4.98 Å². The summed E-state index contributed by atoms with van der Waals surface area (Å²) < 4.78 is 0. The maximum absolute atomic E-state index is 12.6. The molecule has 8 nitrogen and oxygen atoms in total. The molecular formula is C19H25BN4O4. The van der Waals surface area contributed by atoms with Gasteiger partial charge in [-0.3, -0.25) is 14.6 Å². The third kappa shape index (κ3) is 6.75. The molecule has 0 unspecified atom stereocenters. The topological polar surface area (TPSA) is 124 Å². The molecule has 9 heteroatoms. The number of carbonyl (C=O) groups is 2. The molecule has 4 N–H and O–H groups in total. The lowest BCUT2D eigenvalue weighted by molar-refractivity contribution is -0.123. The second-order valence-corrected chi connectivity index (χ2v) is 6.46. The summed E-state index contributed by atoms with van der Waals surface area (Å²) in [6.07, 6.45) is 6.16. The van der Waals surface area contributed by atoms with Crippen molar-refractivity contribution in [1.29, 1.82) is 0 Å². The number of nitrogens with zero attached hydrogens (tertiary/aromatic N) is 2. The lowest BCUT2D eigenvalue weighted by Gasteiger charge is -2.23. The fourth-order valence-electron chi connectivity index (χ4n) is 2.75. The highest BCUT2D eigenvalue weighted by Crippen LogP contribution is 2.07. The molecule has 0 saturated heterocycles. The highest BCUT2D eigenvalue weighted by molar-refractivity contribution is 6.43. The number of hydrogen-bond acceptors (Lipinski definition) is 6. The summed E-state index contributed by atoms with van der Waals surface area (Å²) >= 11 is 0. The van der Waals surface area contributed by atoms with Crippen molar-refractivity contribution in [3.63, 3.8) is 0 Å². The first kappa shape index (κ1) is 21.5. The predicted molar refractivity (Wildman–Crippen MR) is 105 cm³/mol. The second-order valence-electron chi connectivity index (χ2n) is 6.46. The van der Waals surface area contributed by atoms with Gasteiger partial charge in [0.05, 0.1) is 12.1 Å². The molecule has 2 amide bonds. The third-order valence-corrected chi connectivity index (χ3v) is 4.27. The third-order valence-electron chi connectivity index (χ3n) is 4.27. The van der Waals surface area contributed by atoms with Crippen molar-refractivity contribution >= 4 is 18.9 Å². The zero-order chi connectivity index (χ0) is 20.4. The van der Waals surface area contributed by atoms with Crippen LogP contribution in [0.1, 0.15) is 42.2 Å². The molecular weight excluding hydrogens is 359 g/mol. The summed E-state index contributed by atoms with van der Waals surface area (Å²) in [4.78, 5) is 32.7. The molecule has 0 aliphatic heterocycles. The van der Waals surface area contributed by atoms with Crippen molar-refractivity contribution in [2.45, 2.75) is 44.6 Å². The molecule has 0 fully saturated rings. The molecule has 0 bridgehead atoms. The van der Waals surface area contributed by atoms with E-state index in [0.29, 0.717) is 25.7 Å². The Kier molecular flexibility index (Phi) is 8.58. The maximum atomic E-state index is 12.6. The SMILES string of the molecule is CCC[C@@H](NC(=O)c1cnccn1)C(=O)N[C@@H](CCc1ccccc1)B(O)O. The maximum Gasteiger partial charge on any atom is 0.475 e. The van der Waals surface area contributed by atoms with Crippen molar-refractivity contribution in [2.24, 2.45) is 0 Å². The number of rotatable bonds is 10. The lowest BCUT2D eigenvalue weighted by atomic mass is 9.76. The second kappa shape index (κ2) is 11.2. The lowest BCUT2D eigenvalue weighted by Crippen LogP contribution is -2.54. The van der Waals surface area contributed by atoms with Crippen molar-refractivity contribution in [2.75, 3.05) is 0 Å². The van der Waals surface area contributed by atoms with Gasteiger partial charge in [0, 0.05) is 12.4 Å². The van der Waals surface area contributed by atoms with Crippen LogP contribution in [0.4, 0.5) is 0 Å². The fourth-order valence-corrected chi connectivity index (χ4v) is 2.75. The normalized spacial score (nSPS) is 12.7. The van der Waals surface area contributed by atoms with Gasteiger partial charge in [-0.15, -0.1) is 0 Å². The van der Waals surface area contributed by atoms with Crippen LogP contribution < -0.4 is 10.6 Å². The first-order chi connectivity index (χ1) is 13.5. The predicted octanol–water partition coefficient (Wildman–Crippen LogP) is 0.505. The summed E-state index contributed by atoms with van der Waals surface area (Å²) in [5.41, 5.74) is 1.14. The summed E-state index contributed by atoms with van der Waals surface area (Å²) in [5, 5.41) is 24.6. The molecule has 2 rings (SSSR count). The van der Waals surface area contributed by atoms with Crippen LogP contribution in [0.2, 0.25) is 0 Å². The molecule has 0 radical (unpaired) electrons. The minimum Gasteiger partial charge on any atom is -0.426 e. The zero-order valence-electron chi connectivity index (χ0n) is 15.8. The number of nitrogens with one attached hydrogen (secondary N) is 2. The van der Waals surface area contributed by atoms with Gasteiger partial charge in [0.2, 0.25) is 5.91 Å². The van der Waals surface area contributed by atoms with Crippen molar-refractivity contribution in [3.05, 3.63) is 60.2 Å². The molecule has 1 aromatic heterocycles. The Morgan fingerprint density at radius 1 is 1.11 bits per heavy atom. The molecule has 1 heterocycles. The summed E-state index contributed by atoms with van der Waals surface area (Å²) in [7, 11) is -1.70. The minimum absolute atomic E-state index is 0.110. The van der Waals surface area contributed by atoms with Gasteiger partial charge in [0.25, 0.3) is 5.91 Å². The van der Waals surface area contributed by atoms with E-state index in [9.17, 15) is 19.6 Å². The van der Waals surface area contributed by atoms with Crippen LogP contribution >= 0.6 is 0 Å². The van der Waals surface area contributed by atoms with E-state index in [1.807, 2.05) is 37.3 Å². The molecule has 0 aliphatic rings. The van der Waals surface area contributed by atoms with Crippen LogP contribution in [-0.2, 0) is 11.2 Å². The number of benzene rings is 1. The van der Waals surface area contributed by atoms with Gasteiger partial charge in [0.15, 0.2) is 0 Å². The molecule has 0 aliphatic carbocycles. The number of aromatic nitrogens is 2. The Hall–Kier alpha value is -2.78. The van der Waals surface area contributed by atoms with E-state index < -0.39 is 30.9 Å². The average molecular weight is 384 g/mol. The van der Waals surface area contributed by atoms with Gasteiger partial charge in [-0.2, -0.15) is 0 Å². The van der Waals surface area contributed by atoms with Crippen molar-refractivity contribution < 1.29 is 19.6 Å². The molecule has 0 saturated carbocycles.